The molecular weight excluding hydrogens is 570 g/mol. The van der Waals surface area contributed by atoms with Gasteiger partial charge in [0.05, 0.1) is 16.3 Å². The maximum atomic E-state index is 13.5. The number of anilines is 1. The van der Waals surface area contributed by atoms with Gasteiger partial charge in [-0.1, -0.05) is 30.0 Å². The van der Waals surface area contributed by atoms with E-state index in [0.29, 0.717) is 22.8 Å². The Balaban J connectivity index is 1.14. The van der Waals surface area contributed by atoms with Gasteiger partial charge < -0.3 is 30.5 Å². The molecule has 4 aliphatic rings. The smallest absolute Gasteiger partial charge is 0.412 e. The molecule has 4 aliphatic heterocycles. The summed E-state index contributed by atoms with van der Waals surface area (Å²) in [5, 5.41) is 20.1. The Hall–Kier alpha value is -3.74. The van der Waals surface area contributed by atoms with Crippen molar-refractivity contribution in [3.05, 3.63) is 65.2 Å². The van der Waals surface area contributed by atoms with Gasteiger partial charge in [-0.25, -0.2) is 9.59 Å². The van der Waals surface area contributed by atoms with E-state index in [0.717, 1.165) is 24.4 Å². The number of benzene rings is 2. The summed E-state index contributed by atoms with van der Waals surface area (Å²) >= 11 is 1.43. The van der Waals surface area contributed by atoms with Crippen molar-refractivity contribution in [1.29, 1.82) is 0 Å². The summed E-state index contributed by atoms with van der Waals surface area (Å²) in [7, 11) is 0. The number of thioether (sulfide) groups is 1. The fourth-order valence-corrected chi connectivity index (χ4v) is 7.48. The standard InChI is InChI=1S/C31H37N5O6S/c1-31(2,3)42-30(40)35-16-14-18(17-23(35)37)33-27(38)26-25-24-22(13-15-32-28(24)43-26)36(29(39)34-25)19-9-11-21(12-10-19)41-20-7-5-4-6-8-20/h4-12,18,22-24,28,32,37H,13-17H2,1-3H3,(H,33,38)(H,34,39)/t18-,22?,23+,24?,28?/m1/s1. The first kappa shape index (κ1) is 29.3. The lowest BCUT2D eigenvalue weighted by Crippen LogP contribution is -2.62. The predicted octanol–water partition coefficient (Wildman–Crippen LogP) is 4.11. The van der Waals surface area contributed by atoms with Gasteiger partial charge in [-0.15, -0.1) is 0 Å². The minimum atomic E-state index is -1.07. The molecule has 3 saturated heterocycles. The molecule has 4 N–H and O–H groups in total. The van der Waals surface area contributed by atoms with Crippen molar-refractivity contribution in [3.63, 3.8) is 0 Å². The second-order valence-corrected chi connectivity index (χ2v) is 13.3. The number of amides is 4. The van der Waals surface area contributed by atoms with Crippen LogP contribution < -0.4 is 25.6 Å². The number of para-hydroxylation sites is 1. The lowest BCUT2D eigenvalue weighted by atomic mass is 9.86. The van der Waals surface area contributed by atoms with Gasteiger partial charge in [0.2, 0.25) is 0 Å². The zero-order chi connectivity index (χ0) is 30.3. The number of carbonyl (C=O) groups is 3. The Bertz CT molecular complexity index is 1410. The van der Waals surface area contributed by atoms with Crippen molar-refractivity contribution in [1.82, 2.24) is 20.9 Å². The summed E-state index contributed by atoms with van der Waals surface area (Å²) in [6.45, 7) is 6.30. The third-order valence-corrected chi connectivity index (χ3v) is 9.33. The molecule has 2 aromatic carbocycles. The number of nitrogens with one attached hydrogen (secondary N) is 3. The zero-order valence-corrected chi connectivity index (χ0v) is 25.2. The van der Waals surface area contributed by atoms with Crippen LogP contribution in [0.15, 0.2) is 65.2 Å². The number of rotatable bonds is 5. The van der Waals surface area contributed by atoms with Crippen LogP contribution in [-0.4, -0.2) is 70.4 Å². The number of piperidine rings is 2. The van der Waals surface area contributed by atoms with E-state index < -0.39 is 17.9 Å². The van der Waals surface area contributed by atoms with Crippen LogP contribution in [0.5, 0.6) is 11.5 Å². The largest absolute Gasteiger partial charge is 0.457 e. The van der Waals surface area contributed by atoms with Crippen LogP contribution in [0.3, 0.4) is 0 Å². The van der Waals surface area contributed by atoms with E-state index >= 15 is 0 Å². The summed E-state index contributed by atoms with van der Waals surface area (Å²) in [5.41, 5.74) is 0.733. The topological polar surface area (TPSA) is 132 Å². The average Bonchev–Trinajstić information content (AvgIpc) is 3.33. The molecule has 0 aromatic heterocycles. The van der Waals surface area contributed by atoms with Crippen molar-refractivity contribution in [3.8, 4) is 11.5 Å². The second kappa shape index (κ2) is 11.7. The second-order valence-electron chi connectivity index (χ2n) is 12.2. The average molecular weight is 608 g/mol. The monoisotopic (exact) mass is 607 g/mol. The van der Waals surface area contributed by atoms with Crippen LogP contribution in [0, 0.1) is 5.92 Å². The number of ether oxygens (including phenoxy) is 2. The van der Waals surface area contributed by atoms with E-state index in [2.05, 4.69) is 16.0 Å². The molecule has 4 heterocycles. The quantitative estimate of drug-likeness (QED) is 0.400. The van der Waals surface area contributed by atoms with Crippen LogP contribution in [-0.2, 0) is 9.53 Å². The number of urea groups is 1. The maximum absolute atomic E-state index is 13.5. The Morgan fingerprint density at radius 1 is 1.05 bits per heavy atom. The molecule has 4 amide bonds. The van der Waals surface area contributed by atoms with Gasteiger partial charge >= 0.3 is 12.1 Å². The number of aliphatic hydroxyl groups is 1. The van der Waals surface area contributed by atoms with Crippen LogP contribution >= 0.6 is 11.8 Å². The maximum Gasteiger partial charge on any atom is 0.412 e. The first-order chi connectivity index (χ1) is 20.6. The van der Waals surface area contributed by atoms with E-state index in [1.54, 1.807) is 25.7 Å². The van der Waals surface area contributed by atoms with Crippen LogP contribution in [0.25, 0.3) is 0 Å². The molecule has 0 aliphatic carbocycles. The molecule has 3 unspecified atom stereocenters. The molecule has 3 fully saturated rings. The number of carbonyl (C=O) groups excluding carboxylic acids is 3. The van der Waals surface area contributed by atoms with Gasteiger partial charge in [0.1, 0.15) is 23.3 Å². The fraction of sp³-hybridized carbons (Fsp3) is 0.452. The molecule has 0 bridgehead atoms. The van der Waals surface area contributed by atoms with Gasteiger partial charge in [-0.05, 0) is 76.6 Å². The number of likely N-dealkylation sites (tertiary alicyclic amines) is 1. The Kier molecular flexibility index (Phi) is 8.01. The highest BCUT2D eigenvalue weighted by Gasteiger charge is 2.52. The minimum absolute atomic E-state index is 0.0575. The van der Waals surface area contributed by atoms with E-state index in [9.17, 15) is 19.5 Å². The summed E-state index contributed by atoms with van der Waals surface area (Å²) in [4.78, 5) is 43.1. The van der Waals surface area contributed by atoms with Gasteiger partial charge in [0.15, 0.2) is 0 Å². The molecule has 0 saturated carbocycles. The molecule has 0 radical (unpaired) electrons. The molecule has 11 nitrogen and oxygen atoms in total. The number of nitrogens with zero attached hydrogens (tertiary/aromatic N) is 2. The van der Waals surface area contributed by atoms with E-state index in [4.69, 9.17) is 9.47 Å². The van der Waals surface area contributed by atoms with Crippen LogP contribution in [0.4, 0.5) is 15.3 Å². The predicted molar refractivity (Wildman–Crippen MR) is 162 cm³/mol. The number of aliphatic hydroxyl groups excluding tert-OH is 1. The molecule has 6 rings (SSSR count). The van der Waals surface area contributed by atoms with Gasteiger partial charge in [-0.2, -0.15) is 0 Å². The van der Waals surface area contributed by atoms with Crippen LogP contribution in [0.1, 0.15) is 40.0 Å². The van der Waals surface area contributed by atoms with Gasteiger partial charge in [0.25, 0.3) is 5.91 Å². The zero-order valence-electron chi connectivity index (χ0n) is 24.4. The minimum Gasteiger partial charge on any atom is -0.457 e. The van der Waals surface area contributed by atoms with E-state index in [1.165, 1.54) is 16.7 Å². The molecule has 2 aromatic rings. The molecule has 228 valence electrons. The summed E-state index contributed by atoms with van der Waals surface area (Å²) in [6, 6.07) is 16.3. The highest BCUT2D eigenvalue weighted by atomic mass is 32.2. The summed E-state index contributed by atoms with van der Waals surface area (Å²) < 4.78 is 11.3. The van der Waals surface area contributed by atoms with Crippen LogP contribution in [0.2, 0.25) is 0 Å². The molecule has 5 atom stereocenters. The van der Waals surface area contributed by atoms with Gasteiger partial charge in [0, 0.05) is 36.3 Å². The van der Waals surface area contributed by atoms with Crippen molar-refractivity contribution in [2.75, 3.05) is 18.0 Å². The fourth-order valence-electron chi connectivity index (χ4n) is 6.08. The Morgan fingerprint density at radius 2 is 1.77 bits per heavy atom. The lowest BCUT2D eigenvalue weighted by Gasteiger charge is -2.45. The Labute approximate surface area is 255 Å². The molecular formula is C31H37N5O6S. The van der Waals surface area contributed by atoms with Crippen molar-refractivity contribution >= 4 is 35.5 Å². The normalized spacial score (nSPS) is 26.9. The number of hydrogen-bond donors (Lipinski definition) is 4. The molecule has 12 heteroatoms. The van der Waals surface area contributed by atoms with Crippen molar-refractivity contribution in [2.45, 2.75) is 69.3 Å². The third kappa shape index (κ3) is 6.17. The third-order valence-electron chi connectivity index (χ3n) is 7.98. The van der Waals surface area contributed by atoms with Crippen molar-refractivity contribution in [2.24, 2.45) is 5.92 Å². The number of hydrogen-bond acceptors (Lipinski definition) is 8. The SMILES string of the molecule is CC(C)(C)OC(=O)N1CC[C@@H](NC(=O)C2=C3NC(=O)N(c4ccc(Oc5ccccc5)cc4)C4CCNC(S2)C34)C[C@@H]1O. The van der Waals surface area contributed by atoms with Gasteiger partial charge in [-0.3, -0.25) is 14.6 Å². The molecule has 43 heavy (non-hydrogen) atoms. The van der Waals surface area contributed by atoms with Crippen molar-refractivity contribution < 1.29 is 29.0 Å². The summed E-state index contributed by atoms with van der Waals surface area (Å²) in [6.07, 6.45) is -0.229. The van der Waals surface area contributed by atoms with E-state index in [-0.39, 0.29) is 48.3 Å². The summed E-state index contributed by atoms with van der Waals surface area (Å²) in [5.74, 6) is 1.04. The highest BCUT2D eigenvalue weighted by Crippen LogP contribution is 2.48. The molecule has 0 spiro atoms. The van der Waals surface area contributed by atoms with E-state index in [1.807, 2.05) is 54.6 Å². The Morgan fingerprint density at radius 3 is 2.47 bits per heavy atom. The first-order valence-electron chi connectivity index (χ1n) is 14.6. The highest BCUT2D eigenvalue weighted by molar-refractivity contribution is 8.04. The first-order valence-corrected chi connectivity index (χ1v) is 15.5. The lowest BCUT2D eigenvalue weighted by molar-refractivity contribution is -0.118.